The minimum Gasteiger partial charge on any atom is -0.379 e. The average Bonchev–Trinajstić information content (AvgIpc) is 2.65. The van der Waals surface area contributed by atoms with Crippen LogP contribution in [-0.2, 0) is 14.8 Å². The number of rotatable bonds is 8. The van der Waals surface area contributed by atoms with Crippen molar-refractivity contribution in [2.45, 2.75) is 51.6 Å². The molecule has 2 rings (SSSR count). The fourth-order valence-electron chi connectivity index (χ4n) is 3.60. The topological polar surface area (TPSA) is 80.1 Å². The van der Waals surface area contributed by atoms with Crippen LogP contribution in [-0.4, -0.2) is 70.1 Å². The summed E-state index contributed by atoms with van der Waals surface area (Å²) < 4.78 is 32.4. The summed E-state index contributed by atoms with van der Waals surface area (Å²) in [7, 11) is -3.62. The molecule has 1 amide bonds. The molecule has 1 aliphatic rings. The highest BCUT2D eigenvalue weighted by molar-refractivity contribution is 7.89. The van der Waals surface area contributed by atoms with E-state index >= 15 is 0 Å². The lowest BCUT2D eigenvalue weighted by Crippen LogP contribution is -3.18. The van der Waals surface area contributed by atoms with Gasteiger partial charge in [-0.25, -0.2) is 8.42 Å². The van der Waals surface area contributed by atoms with Crippen LogP contribution in [0, 0.1) is 6.92 Å². The van der Waals surface area contributed by atoms with Gasteiger partial charge in [0.25, 0.3) is 5.91 Å². The molecule has 0 bridgehead atoms. The first-order valence-corrected chi connectivity index (χ1v) is 11.4. The van der Waals surface area contributed by atoms with E-state index in [1.54, 1.807) is 12.1 Å². The van der Waals surface area contributed by atoms with Gasteiger partial charge < -0.3 is 15.0 Å². The van der Waals surface area contributed by atoms with Crippen molar-refractivity contribution in [1.82, 2.24) is 9.62 Å². The van der Waals surface area contributed by atoms with Gasteiger partial charge in [-0.3, -0.25) is 4.79 Å². The van der Waals surface area contributed by atoms with Crippen LogP contribution < -0.4 is 10.2 Å². The Balaban J connectivity index is 2.11. The lowest BCUT2D eigenvalue weighted by atomic mass is 10.1. The number of ether oxygens (including phenoxy) is 1. The number of nitrogens with zero attached hydrogens (tertiary/aromatic N) is 1. The zero-order valence-electron chi connectivity index (χ0n) is 17.6. The number of benzene rings is 1. The maximum atomic E-state index is 12.9. The predicted molar refractivity (Wildman–Crippen MR) is 109 cm³/mol. The Hall–Kier alpha value is -1.48. The smallest absolute Gasteiger partial charge is 0.251 e. The number of quaternary nitrogens is 1. The Labute approximate surface area is 169 Å². The molecule has 158 valence electrons. The number of aryl methyl sites for hydroxylation is 1. The molecule has 0 atom stereocenters. The van der Waals surface area contributed by atoms with E-state index in [4.69, 9.17) is 4.74 Å². The van der Waals surface area contributed by atoms with Gasteiger partial charge in [0, 0.05) is 18.7 Å². The van der Waals surface area contributed by atoms with E-state index in [0.29, 0.717) is 50.5 Å². The fourth-order valence-corrected chi connectivity index (χ4v) is 5.04. The third-order valence-corrected chi connectivity index (χ3v) is 7.14. The van der Waals surface area contributed by atoms with Crippen LogP contribution in [0.1, 0.15) is 43.6 Å². The summed E-state index contributed by atoms with van der Waals surface area (Å²) in [6.07, 6.45) is 0. The average molecular weight is 413 g/mol. The van der Waals surface area contributed by atoms with Gasteiger partial charge >= 0.3 is 0 Å². The van der Waals surface area contributed by atoms with Crippen LogP contribution in [0.15, 0.2) is 23.1 Å². The first-order chi connectivity index (χ1) is 13.1. The summed E-state index contributed by atoms with van der Waals surface area (Å²) in [6.45, 7) is 13.3. The molecule has 2 N–H and O–H groups in total. The van der Waals surface area contributed by atoms with Crippen molar-refractivity contribution in [3.8, 4) is 0 Å². The molecule has 7 nitrogen and oxygen atoms in total. The van der Waals surface area contributed by atoms with Crippen LogP contribution >= 0.6 is 0 Å². The molecule has 28 heavy (non-hydrogen) atoms. The monoisotopic (exact) mass is 412 g/mol. The van der Waals surface area contributed by atoms with Crippen LogP contribution in [0.3, 0.4) is 0 Å². The summed E-state index contributed by atoms with van der Waals surface area (Å²) in [5, 5.41) is 2.95. The highest BCUT2D eigenvalue weighted by atomic mass is 32.2. The molecule has 1 aromatic carbocycles. The SMILES string of the molecule is Cc1ccc(S(=O)(=O)N2CCOCC2)cc1C(=O)NCC[NH+](C(C)C)C(C)C. The second-order valence-electron chi connectivity index (χ2n) is 7.88. The minimum absolute atomic E-state index is 0.154. The largest absolute Gasteiger partial charge is 0.379 e. The molecule has 1 heterocycles. The van der Waals surface area contributed by atoms with Crippen LogP contribution in [0.4, 0.5) is 0 Å². The van der Waals surface area contributed by atoms with E-state index < -0.39 is 10.0 Å². The Morgan fingerprint density at radius 2 is 1.79 bits per heavy atom. The van der Waals surface area contributed by atoms with E-state index in [1.165, 1.54) is 15.3 Å². The number of carbonyl (C=O) groups is 1. The van der Waals surface area contributed by atoms with Gasteiger partial charge in [0.15, 0.2) is 0 Å². The normalized spacial score (nSPS) is 16.1. The van der Waals surface area contributed by atoms with E-state index in [0.717, 1.165) is 12.1 Å². The molecule has 1 aliphatic heterocycles. The molecule has 8 heteroatoms. The molecular weight excluding hydrogens is 378 g/mol. The summed E-state index contributed by atoms with van der Waals surface area (Å²) in [5.41, 5.74) is 1.17. The molecule has 0 saturated carbocycles. The molecule has 0 aromatic heterocycles. The predicted octanol–water partition coefficient (Wildman–Crippen LogP) is 0.447. The molecule has 0 aliphatic carbocycles. The number of sulfonamides is 1. The number of carbonyl (C=O) groups excluding carboxylic acids is 1. The Morgan fingerprint density at radius 1 is 1.18 bits per heavy atom. The zero-order valence-corrected chi connectivity index (χ0v) is 18.4. The first kappa shape index (κ1) is 22.8. The fraction of sp³-hybridized carbons (Fsp3) is 0.650. The summed E-state index contributed by atoms with van der Waals surface area (Å²) in [5.74, 6) is -0.233. The molecule has 0 radical (unpaired) electrons. The Morgan fingerprint density at radius 3 is 2.36 bits per heavy atom. The van der Waals surface area contributed by atoms with Gasteiger partial charge in [0.2, 0.25) is 10.0 Å². The summed E-state index contributed by atoms with van der Waals surface area (Å²) >= 11 is 0. The van der Waals surface area contributed by atoms with Gasteiger partial charge in [-0.2, -0.15) is 4.31 Å². The number of morpholine rings is 1. The van der Waals surface area contributed by atoms with Crippen LogP contribution in [0.25, 0.3) is 0 Å². The maximum Gasteiger partial charge on any atom is 0.251 e. The van der Waals surface area contributed by atoms with Crippen molar-refractivity contribution in [2.75, 3.05) is 39.4 Å². The summed E-state index contributed by atoms with van der Waals surface area (Å²) in [4.78, 5) is 14.3. The van der Waals surface area contributed by atoms with Crippen molar-refractivity contribution in [3.63, 3.8) is 0 Å². The van der Waals surface area contributed by atoms with E-state index in [2.05, 4.69) is 33.0 Å². The van der Waals surface area contributed by atoms with Gasteiger partial charge in [0.1, 0.15) is 0 Å². The van der Waals surface area contributed by atoms with Crippen molar-refractivity contribution in [1.29, 1.82) is 0 Å². The third-order valence-electron chi connectivity index (χ3n) is 5.24. The second-order valence-corrected chi connectivity index (χ2v) is 9.82. The number of hydrogen-bond acceptors (Lipinski definition) is 4. The van der Waals surface area contributed by atoms with E-state index in [-0.39, 0.29) is 10.8 Å². The first-order valence-electron chi connectivity index (χ1n) is 9.97. The zero-order chi connectivity index (χ0) is 20.9. The lowest BCUT2D eigenvalue weighted by Gasteiger charge is -2.27. The standard InChI is InChI=1S/C20H33N3O4S/c1-15(2)23(16(3)4)9-8-21-20(24)19-14-18(7-6-17(19)5)28(25,26)22-10-12-27-13-11-22/h6-7,14-16H,8-13H2,1-5H3,(H,21,24)/p+1. The van der Waals surface area contributed by atoms with Crippen molar-refractivity contribution in [3.05, 3.63) is 29.3 Å². The second kappa shape index (κ2) is 9.82. The van der Waals surface area contributed by atoms with Crippen LogP contribution in [0.5, 0.6) is 0 Å². The number of nitrogens with one attached hydrogen (secondary N) is 2. The molecule has 0 unspecified atom stereocenters. The highest BCUT2D eigenvalue weighted by Crippen LogP contribution is 2.20. The third kappa shape index (κ3) is 5.53. The van der Waals surface area contributed by atoms with Gasteiger partial charge in [0.05, 0.1) is 43.3 Å². The molecule has 1 aromatic rings. The van der Waals surface area contributed by atoms with Gasteiger partial charge in [-0.1, -0.05) is 6.07 Å². The van der Waals surface area contributed by atoms with Gasteiger partial charge in [-0.05, 0) is 52.3 Å². The highest BCUT2D eigenvalue weighted by Gasteiger charge is 2.27. The quantitative estimate of drug-likeness (QED) is 0.650. The molecule has 1 saturated heterocycles. The molecule has 1 fully saturated rings. The number of amides is 1. The maximum absolute atomic E-state index is 12.9. The Kier molecular flexibility index (Phi) is 8.00. The van der Waals surface area contributed by atoms with Crippen LogP contribution in [0.2, 0.25) is 0 Å². The lowest BCUT2D eigenvalue weighted by molar-refractivity contribution is -0.941. The molecule has 0 spiro atoms. The van der Waals surface area contributed by atoms with Crippen molar-refractivity contribution >= 4 is 15.9 Å². The van der Waals surface area contributed by atoms with E-state index in [1.807, 2.05) is 6.92 Å². The van der Waals surface area contributed by atoms with Gasteiger partial charge in [-0.15, -0.1) is 0 Å². The number of hydrogen-bond donors (Lipinski definition) is 2. The molecular formula is C20H34N3O4S+. The van der Waals surface area contributed by atoms with Crippen molar-refractivity contribution in [2.24, 2.45) is 0 Å². The Bertz CT molecular complexity index is 764. The van der Waals surface area contributed by atoms with Crippen molar-refractivity contribution < 1.29 is 22.8 Å². The van der Waals surface area contributed by atoms with E-state index in [9.17, 15) is 13.2 Å². The summed E-state index contributed by atoms with van der Waals surface area (Å²) in [6, 6.07) is 5.70. The minimum atomic E-state index is -3.62.